The van der Waals surface area contributed by atoms with E-state index in [0.717, 1.165) is 37.2 Å². The number of ether oxygens (including phenoxy) is 1. The molecule has 0 atom stereocenters. The highest BCUT2D eigenvalue weighted by molar-refractivity contribution is 6.37. The Bertz CT molecular complexity index is 1580. The molecular weight excluding hydrogens is 603 g/mol. The van der Waals surface area contributed by atoms with Crippen molar-refractivity contribution in [2.75, 3.05) is 24.6 Å². The molecule has 0 radical (unpaired) electrons. The number of hydrogen-bond acceptors (Lipinski definition) is 6. The summed E-state index contributed by atoms with van der Waals surface area (Å²) in [6.45, 7) is -0.241. The van der Waals surface area contributed by atoms with Gasteiger partial charge in [0, 0.05) is 17.7 Å². The average Bonchev–Trinajstić information content (AvgIpc) is 3.72. The number of aromatic carboxylic acids is 1. The molecule has 41 heavy (non-hydrogen) atoms. The number of β-amino-alcohol motifs (C(OH)–C–C–N with tert-alkyl or cyclic N) is 1. The van der Waals surface area contributed by atoms with Crippen LogP contribution in [0.4, 0.5) is 14.6 Å². The van der Waals surface area contributed by atoms with E-state index in [1.54, 1.807) is 12.1 Å². The van der Waals surface area contributed by atoms with Crippen LogP contribution in [-0.4, -0.2) is 46.6 Å². The Morgan fingerprint density at radius 1 is 1.07 bits per heavy atom. The number of nitrogens with zero attached hydrogens (tertiary/aromatic N) is 2. The van der Waals surface area contributed by atoms with Gasteiger partial charge in [-0.2, -0.15) is 0 Å². The van der Waals surface area contributed by atoms with Crippen LogP contribution in [0.2, 0.25) is 15.1 Å². The first kappa shape index (κ1) is 29.2. The minimum Gasteiger partial charge on any atom is -0.488 e. The van der Waals surface area contributed by atoms with E-state index < -0.39 is 23.2 Å². The Balaban J connectivity index is 1.33. The molecule has 2 aromatic carbocycles. The van der Waals surface area contributed by atoms with Gasteiger partial charge in [0.2, 0.25) is 0 Å². The molecule has 1 aromatic heterocycles. The smallest absolute Gasteiger partial charge is 0.337 e. The highest BCUT2D eigenvalue weighted by Gasteiger charge is 2.45. The quantitative estimate of drug-likeness (QED) is 0.293. The van der Waals surface area contributed by atoms with E-state index in [1.807, 2.05) is 0 Å². The molecule has 0 bridgehead atoms. The van der Waals surface area contributed by atoms with Gasteiger partial charge in [0.1, 0.15) is 29.5 Å². The summed E-state index contributed by atoms with van der Waals surface area (Å²) >= 11 is 18.9. The third-order valence-electron chi connectivity index (χ3n) is 7.02. The molecule has 1 aliphatic heterocycles. The number of carbonyl (C=O) groups is 2. The van der Waals surface area contributed by atoms with E-state index in [0.29, 0.717) is 11.3 Å². The van der Waals surface area contributed by atoms with Crippen molar-refractivity contribution < 1.29 is 39.1 Å². The largest absolute Gasteiger partial charge is 0.488 e. The number of halogens is 5. The van der Waals surface area contributed by atoms with Gasteiger partial charge in [-0.05, 0) is 43.2 Å². The van der Waals surface area contributed by atoms with Gasteiger partial charge in [-0.3, -0.25) is 4.79 Å². The van der Waals surface area contributed by atoms with Gasteiger partial charge in [-0.25, -0.2) is 18.6 Å². The second kappa shape index (κ2) is 11.2. The van der Waals surface area contributed by atoms with Crippen LogP contribution in [0, 0.1) is 17.6 Å². The van der Waals surface area contributed by atoms with E-state index >= 15 is 0 Å². The SMILES string of the molecule is [NH3+]C(=C(COc1ccc(C2(O)CN(c3ncc(C(=O)O)cc3F)C2)c(Cl)c1)C(=O)C1CC1)c1c(Cl)cc(F)cc1Cl. The summed E-state index contributed by atoms with van der Waals surface area (Å²) in [7, 11) is 0. The van der Waals surface area contributed by atoms with Crippen molar-refractivity contribution in [2.24, 2.45) is 5.92 Å². The van der Waals surface area contributed by atoms with Crippen molar-refractivity contribution >= 4 is 58.1 Å². The lowest BCUT2D eigenvalue weighted by Gasteiger charge is -2.47. The van der Waals surface area contributed by atoms with Crippen LogP contribution in [0.5, 0.6) is 5.75 Å². The molecule has 0 unspecified atom stereocenters. The van der Waals surface area contributed by atoms with Crippen molar-refractivity contribution in [3.63, 3.8) is 0 Å². The maximum Gasteiger partial charge on any atom is 0.337 e. The second-order valence-corrected chi connectivity index (χ2v) is 11.2. The Kier molecular flexibility index (Phi) is 7.97. The molecule has 3 aromatic rings. The number of carboxylic acid groups (broad SMARTS) is 1. The zero-order valence-electron chi connectivity index (χ0n) is 21.3. The van der Waals surface area contributed by atoms with Crippen molar-refractivity contribution in [1.29, 1.82) is 0 Å². The lowest BCUT2D eigenvalue weighted by molar-refractivity contribution is -0.245. The fourth-order valence-electron chi connectivity index (χ4n) is 4.68. The van der Waals surface area contributed by atoms with Gasteiger partial charge in [-0.15, -0.1) is 0 Å². The van der Waals surface area contributed by atoms with Crippen LogP contribution in [0.3, 0.4) is 0 Å². The zero-order chi connectivity index (χ0) is 29.6. The number of quaternary nitrogens is 1. The number of rotatable bonds is 9. The summed E-state index contributed by atoms with van der Waals surface area (Å²) in [5.41, 5.74) is 3.40. The third kappa shape index (κ3) is 5.89. The lowest BCUT2D eigenvalue weighted by Crippen LogP contribution is -2.60. The van der Waals surface area contributed by atoms with Crippen LogP contribution in [0.15, 0.2) is 48.2 Å². The number of aliphatic hydroxyl groups is 1. The van der Waals surface area contributed by atoms with Crippen LogP contribution < -0.4 is 15.4 Å². The fourth-order valence-corrected chi connectivity index (χ4v) is 5.72. The van der Waals surface area contributed by atoms with E-state index in [9.17, 15) is 23.5 Å². The molecule has 214 valence electrons. The van der Waals surface area contributed by atoms with Crippen LogP contribution >= 0.6 is 34.8 Å². The molecule has 0 spiro atoms. The second-order valence-electron chi connectivity index (χ2n) is 9.99. The molecular formula is C28H23Cl3F2N3O5+. The van der Waals surface area contributed by atoms with Gasteiger partial charge < -0.3 is 25.6 Å². The van der Waals surface area contributed by atoms with Gasteiger partial charge in [0.25, 0.3) is 0 Å². The Labute approximate surface area is 247 Å². The number of anilines is 1. The Morgan fingerprint density at radius 2 is 1.73 bits per heavy atom. The van der Waals surface area contributed by atoms with Crippen molar-refractivity contribution in [3.8, 4) is 5.75 Å². The number of carbonyl (C=O) groups excluding carboxylic acids is 1. The number of hydrogen-bond donors (Lipinski definition) is 3. The number of Topliss-reactive ketones (excluding diaryl/α,β-unsaturated/α-hetero) is 1. The highest BCUT2D eigenvalue weighted by atomic mass is 35.5. The highest BCUT2D eigenvalue weighted by Crippen LogP contribution is 2.41. The molecule has 13 heteroatoms. The first-order valence-electron chi connectivity index (χ1n) is 12.4. The topological polar surface area (TPSA) is 128 Å². The summed E-state index contributed by atoms with van der Waals surface area (Å²) in [5.74, 6) is -2.83. The third-order valence-corrected chi connectivity index (χ3v) is 7.93. The normalized spacial score (nSPS) is 16.6. The molecule has 5 rings (SSSR count). The molecule has 1 aliphatic carbocycles. The summed E-state index contributed by atoms with van der Waals surface area (Å²) in [6, 6.07) is 7.67. The molecule has 2 fully saturated rings. The maximum atomic E-state index is 14.4. The Hall–Kier alpha value is -3.28. The monoisotopic (exact) mass is 624 g/mol. The van der Waals surface area contributed by atoms with Crippen molar-refractivity contribution in [2.45, 2.75) is 18.4 Å². The summed E-state index contributed by atoms with van der Waals surface area (Å²) in [4.78, 5) is 29.5. The zero-order valence-corrected chi connectivity index (χ0v) is 23.5. The predicted molar refractivity (Wildman–Crippen MR) is 148 cm³/mol. The molecule has 1 saturated heterocycles. The minimum atomic E-state index is -1.42. The molecule has 0 amide bonds. The van der Waals surface area contributed by atoms with Gasteiger partial charge in [-0.1, -0.05) is 40.9 Å². The van der Waals surface area contributed by atoms with Crippen LogP contribution in [-0.2, 0) is 10.4 Å². The van der Waals surface area contributed by atoms with Gasteiger partial charge >= 0.3 is 5.97 Å². The van der Waals surface area contributed by atoms with E-state index in [1.165, 1.54) is 11.0 Å². The summed E-state index contributed by atoms with van der Waals surface area (Å²) < 4.78 is 34.0. The molecule has 2 aliphatic rings. The van der Waals surface area contributed by atoms with Gasteiger partial charge in [0.15, 0.2) is 17.4 Å². The van der Waals surface area contributed by atoms with Crippen molar-refractivity contribution in [3.05, 3.63) is 91.6 Å². The first-order chi connectivity index (χ1) is 19.4. The number of pyridine rings is 1. The molecule has 5 N–H and O–H groups in total. The number of aromatic nitrogens is 1. The fraction of sp³-hybridized carbons (Fsp3) is 0.250. The lowest BCUT2D eigenvalue weighted by atomic mass is 9.86. The van der Waals surface area contributed by atoms with E-state index in [4.69, 9.17) is 44.6 Å². The van der Waals surface area contributed by atoms with Gasteiger partial charge in [0.05, 0.1) is 44.9 Å². The average molecular weight is 626 g/mol. The Morgan fingerprint density at radius 3 is 2.29 bits per heavy atom. The van der Waals surface area contributed by atoms with E-state index in [-0.39, 0.29) is 74.7 Å². The first-order valence-corrected chi connectivity index (χ1v) is 13.5. The minimum absolute atomic E-state index is 0.0178. The van der Waals surface area contributed by atoms with Crippen molar-refractivity contribution in [1.82, 2.24) is 4.98 Å². The number of ketones is 1. The number of carboxylic acids is 1. The van der Waals surface area contributed by atoms with Crippen LogP contribution in [0.1, 0.15) is 34.3 Å². The number of benzene rings is 2. The molecule has 1 saturated carbocycles. The molecule has 2 heterocycles. The maximum absolute atomic E-state index is 14.4. The summed E-state index contributed by atoms with van der Waals surface area (Å²) in [5, 5.41) is 20.3. The standard InChI is InChI=1S/C28H22Cl3F2N3O5/c29-19-8-16(3-4-18(19)28(40)11-36(12-28)26-22(33)5-14(9-35-26)27(38)39)41-10-17(25(37)13-1-2-13)24(34)23-20(30)6-15(32)7-21(23)31/h3-9,13,40H,1-2,10-12,34H2,(H,38,39)/p+1. The van der Waals surface area contributed by atoms with E-state index in [2.05, 4.69) is 10.7 Å². The summed E-state index contributed by atoms with van der Waals surface area (Å²) in [6.07, 6.45) is 2.52. The predicted octanol–water partition coefficient (Wildman–Crippen LogP) is 4.74. The molecule has 8 nitrogen and oxygen atoms in total. The van der Waals surface area contributed by atoms with Crippen LogP contribution in [0.25, 0.3) is 5.70 Å².